The Bertz CT molecular complexity index is 1420. The Hall–Kier alpha value is -3.88. The van der Waals surface area contributed by atoms with Crippen molar-refractivity contribution in [3.8, 4) is 0 Å². The topological polar surface area (TPSA) is 90.7 Å². The lowest BCUT2D eigenvalue weighted by atomic mass is 10.1. The molecule has 0 aliphatic rings. The predicted molar refractivity (Wildman–Crippen MR) is 169 cm³/mol. The fraction of sp³-hybridized carbons (Fsp3) is 0.412. The van der Waals surface area contributed by atoms with E-state index in [1.807, 2.05) is 27.9 Å². The molecule has 2 unspecified atom stereocenters. The maximum Gasteiger partial charge on any atom is 0.331 e. The van der Waals surface area contributed by atoms with Crippen LogP contribution in [0.4, 0.5) is 0 Å². The minimum absolute atomic E-state index is 0.0326. The molecule has 2 atom stereocenters. The molecule has 0 saturated heterocycles. The molecule has 42 heavy (non-hydrogen) atoms. The molecule has 0 spiro atoms. The summed E-state index contributed by atoms with van der Waals surface area (Å²) in [7, 11) is 4.04. The van der Waals surface area contributed by atoms with Gasteiger partial charge in [0.05, 0.1) is 0 Å². The van der Waals surface area contributed by atoms with Crippen molar-refractivity contribution in [3.63, 3.8) is 0 Å². The third-order valence-corrected chi connectivity index (χ3v) is 8.25. The summed E-state index contributed by atoms with van der Waals surface area (Å²) in [5.74, 6) is -1.11. The van der Waals surface area contributed by atoms with E-state index < -0.39 is 11.9 Å². The van der Waals surface area contributed by atoms with Gasteiger partial charge in [-0.25, -0.2) is 9.59 Å². The quantitative estimate of drug-likeness (QED) is 0.157. The van der Waals surface area contributed by atoms with Gasteiger partial charge >= 0.3 is 11.9 Å². The minimum Gasteiger partial charge on any atom is -0.461 e. The number of aryl methyl sites for hydroxylation is 2. The van der Waals surface area contributed by atoms with Crippen LogP contribution in [0.3, 0.4) is 0 Å². The molecule has 0 bridgehead atoms. The van der Waals surface area contributed by atoms with Gasteiger partial charge < -0.3 is 19.4 Å². The smallest absolute Gasteiger partial charge is 0.331 e. The Labute approximate surface area is 248 Å². The highest BCUT2D eigenvalue weighted by Gasteiger charge is 2.15. The van der Waals surface area contributed by atoms with Gasteiger partial charge in [-0.1, -0.05) is 24.3 Å². The van der Waals surface area contributed by atoms with Crippen LogP contribution in [-0.4, -0.2) is 84.2 Å². The van der Waals surface area contributed by atoms with Crippen LogP contribution in [0.2, 0.25) is 0 Å². The lowest BCUT2D eigenvalue weighted by Crippen LogP contribution is -2.35. The molecule has 2 heterocycles. The van der Waals surface area contributed by atoms with Gasteiger partial charge in [0.25, 0.3) is 0 Å². The molecular weight excluding hydrogens is 528 g/mol. The highest BCUT2D eigenvalue weighted by Crippen LogP contribution is 2.24. The average Bonchev–Trinajstić information content (AvgIpc) is 3.60. The summed E-state index contributed by atoms with van der Waals surface area (Å²) in [6.07, 6.45) is 8.20. The lowest BCUT2D eigenvalue weighted by Gasteiger charge is -2.24. The third-order valence-electron chi connectivity index (χ3n) is 8.25. The van der Waals surface area contributed by atoms with Crippen molar-refractivity contribution in [2.24, 2.45) is 0 Å². The van der Waals surface area contributed by atoms with Gasteiger partial charge in [-0.15, -0.1) is 0 Å². The van der Waals surface area contributed by atoms with Crippen molar-refractivity contribution in [2.75, 3.05) is 40.4 Å². The number of nitrogens with zero attached hydrogens (tertiary/aromatic N) is 2. The van der Waals surface area contributed by atoms with Gasteiger partial charge in [0.1, 0.15) is 13.2 Å². The van der Waals surface area contributed by atoms with Crippen molar-refractivity contribution in [1.82, 2.24) is 19.8 Å². The third kappa shape index (κ3) is 7.89. The number of fused-ring (bicyclic) bond motifs is 2. The molecule has 0 fully saturated rings. The number of carbonyl (C=O) groups excluding carboxylic acids is 2. The highest BCUT2D eigenvalue weighted by molar-refractivity contribution is 5.91. The lowest BCUT2D eigenvalue weighted by molar-refractivity contribution is -0.142. The number of aromatic nitrogens is 2. The van der Waals surface area contributed by atoms with Crippen molar-refractivity contribution in [1.29, 1.82) is 0 Å². The second-order valence-electron chi connectivity index (χ2n) is 11.4. The average molecular weight is 573 g/mol. The maximum absolute atomic E-state index is 12.2. The van der Waals surface area contributed by atoms with Crippen molar-refractivity contribution in [2.45, 2.75) is 52.6 Å². The number of hydrogen-bond donors (Lipinski definition) is 2. The molecule has 224 valence electrons. The van der Waals surface area contributed by atoms with E-state index in [-0.39, 0.29) is 25.3 Å². The van der Waals surface area contributed by atoms with Crippen LogP contribution in [0.5, 0.6) is 0 Å². The number of likely N-dealkylation sites (N-methyl/N-ethyl adjacent to an activating group) is 2. The van der Waals surface area contributed by atoms with E-state index in [0.717, 1.165) is 49.1 Å². The van der Waals surface area contributed by atoms with E-state index in [4.69, 9.17) is 9.47 Å². The highest BCUT2D eigenvalue weighted by atomic mass is 16.5. The summed E-state index contributed by atoms with van der Waals surface area (Å²) in [4.78, 5) is 35.5. The number of esters is 2. The molecule has 0 saturated carbocycles. The number of rotatable bonds is 14. The summed E-state index contributed by atoms with van der Waals surface area (Å²) in [5, 5.41) is 2.56. The van der Waals surface area contributed by atoms with E-state index in [1.165, 1.54) is 33.0 Å². The first-order valence-corrected chi connectivity index (χ1v) is 14.7. The largest absolute Gasteiger partial charge is 0.461 e. The minimum atomic E-state index is -0.557. The normalized spacial score (nSPS) is 13.4. The second kappa shape index (κ2) is 14.3. The zero-order chi connectivity index (χ0) is 30.2. The van der Waals surface area contributed by atoms with Crippen LogP contribution < -0.4 is 0 Å². The van der Waals surface area contributed by atoms with Crippen molar-refractivity contribution < 1.29 is 19.1 Å². The van der Waals surface area contributed by atoms with Gasteiger partial charge in [0, 0.05) is 71.5 Å². The Morgan fingerprint density at radius 2 is 1.14 bits per heavy atom. The molecule has 0 aliphatic heterocycles. The summed E-state index contributed by atoms with van der Waals surface area (Å²) in [6.45, 7) is 10.4. The number of carbonyl (C=O) groups is 2. The van der Waals surface area contributed by atoms with Gasteiger partial charge in [-0.3, -0.25) is 9.80 Å². The Balaban J connectivity index is 1.13. The molecule has 4 aromatic rings. The number of nitrogens with one attached hydrogen (secondary N) is 2. The Kier molecular flexibility index (Phi) is 10.6. The molecule has 2 N–H and O–H groups in total. The second-order valence-corrected chi connectivity index (χ2v) is 11.4. The fourth-order valence-electron chi connectivity index (χ4n) is 5.22. The van der Waals surface area contributed by atoms with E-state index in [9.17, 15) is 9.59 Å². The van der Waals surface area contributed by atoms with Crippen LogP contribution in [0.25, 0.3) is 21.8 Å². The van der Waals surface area contributed by atoms with Gasteiger partial charge in [-0.05, 0) is 89.0 Å². The van der Waals surface area contributed by atoms with Crippen LogP contribution >= 0.6 is 0 Å². The van der Waals surface area contributed by atoms with E-state index in [0.29, 0.717) is 0 Å². The maximum atomic E-state index is 12.2. The first-order valence-electron chi connectivity index (χ1n) is 14.7. The monoisotopic (exact) mass is 572 g/mol. The summed E-state index contributed by atoms with van der Waals surface area (Å²) in [5.41, 5.74) is 7.39. The molecule has 4 rings (SSSR count). The van der Waals surface area contributed by atoms with Gasteiger partial charge in [-0.2, -0.15) is 0 Å². The van der Waals surface area contributed by atoms with Crippen LogP contribution in [0.1, 0.15) is 36.1 Å². The predicted octanol–water partition coefficient (Wildman–Crippen LogP) is 5.33. The van der Waals surface area contributed by atoms with Crippen molar-refractivity contribution in [3.05, 3.63) is 83.2 Å². The van der Waals surface area contributed by atoms with E-state index >= 15 is 0 Å². The molecule has 2 aromatic heterocycles. The first kappa shape index (κ1) is 31.1. The van der Waals surface area contributed by atoms with Gasteiger partial charge in [0.15, 0.2) is 0 Å². The first-order chi connectivity index (χ1) is 20.1. The SMILES string of the molecule is Cc1cccc2[nH]cc(CCN(C)C(C)COC(=O)/C=C/C(=O)OCC(C)N(C)CCc3c[nH]c4cccc(C)c34)c12. The molecule has 0 aliphatic carbocycles. The number of hydrogen-bond acceptors (Lipinski definition) is 6. The Morgan fingerprint density at radius 1 is 0.738 bits per heavy atom. The summed E-state index contributed by atoms with van der Waals surface area (Å²) in [6, 6.07) is 12.6. The van der Waals surface area contributed by atoms with Crippen molar-refractivity contribution >= 4 is 33.7 Å². The summed E-state index contributed by atoms with van der Waals surface area (Å²) >= 11 is 0. The molecule has 0 radical (unpaired) electrons. The van der Waals surface area contributed by atoms with Crippen LogP contribution in [0, 0.1) is 13.8 Å². The molecule has 0 amide bonds. The zero-order valence-electron chi connectivity index (χ0n) is 25.7. The zero-order valence-corrected chi connectivity index (χ0v) is 25.7. The molecular formula is C34H44N4O4. The van der Waals surface area contributed by atoms with E-state index in [1.54, 1.807) is 0 Å². The van der Waals surface area contributed by atoms with Gasteiger partial charge in [0.2, 0.25) is 0 Å². The summed E-state index contributed by atoms with van der Waals surface area (Å²) < 4.78 is 10.8. The number of aromatic amines is 2. The fourth-order valence-corrected chi connectivity index (χ4v) is 5.22. The van der Waals surface area contributed by atoms with Crippen LogP contribution in [0.15, 0.2) is 60.9 Å². The molecule has 2 aromatic carbocycles. The van der Waals surface area contributed by atoms with Crippen LogP contribution in [-0.2, 0) is 31.9 Å². The number of H-pyrrole nitrogens is 2. The van der Waals surface area contributed by atoms with E-state index in [2.05, 4.69) is 82.4 Å². The molecule has 8 heteroatoms. The number of ether oxygens (including phenoxy) is 2. The standard InChI is InChI=1S/C34H44N4O4/c1-23-9-7-11-29-33(23)27(19-35-29)15-17-37(5)25(3)21-41-31(39)13-14-32(40)42-22-26(4)38(6)18-16-28-20-36-30-12-8-10-24(2)34(28)30/h7-14,19-20,25-26,35-36H,15-18,21-22H2,1-6H3/b14-13+. The Morgan fingerprint density at radius 3 is 1.55 bits per heavy atom. The number of benzene rings is 2. The molecule has 8 nitrogen and oxygen atoms in total.